The monoisotopic (exact) mass is 274 g/mol. The number of hydrogen-bond donors (Lipinski definition) is 1. The number of amides is 1. The summed E-state index contributed by atoms with van der Waals surface area (Å²) >= 11 is 0. The molecule has 1 N–H and O–H groups in total. The van der Waals surface area contributed by atoms with Gasteiger partial charge in [0.2, 0.25) is 0 Å². The maximum absolute atomic E-state index is 12.1. The third-order valence-electron chi connectivity index (χ3n) is 4.68. The second kappa shape index (κ2) is 5.44. The van der Waals surface area contributed by atoms with Crippen LogP contribution >= 0.6 is 0 Å². The van der Waals surface area contributed by atoms with Crippen molar-refractivity contribution in [3.8, 4) is 0 Å². The Morgan fingerprint density at radius 2 is 2.20 bits per heavy atom. The van der Waals surface area contributed by atoms with Crippen molar-refractivity contribution in [1.29, 1.82) is 0 Å². The summed E-state index contributed by atoms with van der Waals surface area (Å²) in [7, 11) is 0. The van der Waals surface area contributed by atoms with Gasteiger partial charge in [0, 0.05) is 13.1 Å². The van der Waals surface area contributed by atoms with Gasteiger partial charge in [-0.25, -0.2) is 4.79 Å². The van der Waals surface area contributed by atoms with Crippen LogP contribution in [0.3, 0.4) is 0 Å². The van der Waals surface area contributed by atoms with E-state index in [1.807, 2.05) is 23.1 Å². The quantitative estimate of drug-likeness (QED) is 0.920. The van der Waals surface area contributed by atoms with Gasteiger partial charge >= 0.3 is 6.09 Å². The lowest BCUT2D eigenvalue weighted by Crippen LogP contribution is -2.54. The van der Waals surface area contributed by atoms with E-state index in [-0.39, 0.29) is 11.6 Å². The maximum Gasteiger partial charge on any atom is 0.410 e. The van der Waals surface area contributed by atoms with Gasteiger partial charge < -0.3 is 10.1 Å². The van der Waals surface area contributed by atoms with Gasteiger partial charge in [0.25, 0.3) is 0 Å². The number of nitrogens with one attached hydrogen (secondary N) is 1. The van der Waals surface area contributed by atoms with E-state index in [0.717, 1.165) is 25.1 Å². The lowest BCUT2D eigenvalue weighted by Gasteiger charge is -2.41. The van der Waals surface area contributed by atoms with Crippen LogP contribution in [0.5, 0.6) is 0 Å². The number of carbonyl (C=O) groups excluding carboxylic acids is 1. The SMILES string of the molecule is CC1(C2CCCNC2)COC(=O)N1Cc1ccccc1. The van der Waals surface area contributed by atoms with E-state index in [0.29, 0.717) is 19.1 Å². The van der Waals surface area contributed by atoms with Crippen molar-refractivity contribution >= 4 is 6.09 Å². The summed E-state index contributed by atoms with van der Waals surface area (Å²) in [5, 5.41) is 3.44. The van der Waals surface area contributed by atoms with E-state index in [4.69, 9.17) is 4.74 Å². The average molecular weight is 274 g/mol. The Labute approximate surface area is 120 Å². The number of carbonyl (C=O) groups is 1. The molecule has 0 radical (unpaired) electrons. The van der Waals surface area contributed by atoms with E-state index in [2.05, 4.69) is 24.4 Å². The van der Waals surface area contributed by atoms with E-state index in [1.165, 1.54) is 6.42 Å². The predicted molar refractivity (Wildman–Crippen MR) is 77.3 cm³/mol. The fraction of sp³-hybridized carbons (Fsp3) is 0.562. The first-order valence-corrected chi connectivity index (χ1v) is 7.39. The predicted octanol–water partition coefficient (Wildman–Crippen LogP) is 2.40. The van der Waals surface area contributed by atoms with Crippen LogP contribution in [0.15, 0.2) is 30.3 Å². The molecular weight excluding hydrogens is 252 g/mol. The Balaban J connectivity index is 1.80. The molecule has 0 aliphatic carbocycles. The zero-order chi connectivity index (χ0) is 14.0. The number of piperidine rings is 1. The number of benzene rings is 1. The number of hydrogen-bond acceptors (Lipinski definition) is 3. The summed E-state index contributed by atoms with van der Waals surface area (Å²) < 4.78 is 5.37. The second-order valence-electron chi connectivity index (χ2n) is 6.03. The minimum atomic E-state index is -0.194. The van der Waals surface area contributed by atoms with Gasteiger partial charge in [0.1, 0.15) is 6.61 Å². The van der Waals surface area contributed by atoms with Crippen molar-refractivity contribution in [1.82, 2.24) is 10.2 Å². The molecule has 0 aromatic heterocycles. The maximum atomic E-state index is 12.1. The zero-order valence-electron chi connectivity index (χ0n) is 12.0. The molecule has 2 aliphatic heterocycles. The van der Waals surface area contributed by atoms with Gasteiger partial charge in [-0.2, -0.15) is 0 Å². The average Bonchev–Trinajstić information content (AvgIpc) is 2.79. The van der Waals surface area contributed by atoms with Crippen LogP contribution in [-0.2, 0) is 11.3 Å². The molecule has 4 nitrogen and oxygen atoms in total. The first kappa shape index (κ1) is 13.4. The van der Waals surface area contributed by atoms with E-state index >= 15 is 0 Å². The highest BCUT2D eigenvalue weighted by atomic mass is 16.6. The fourth-order valence-electron chi connectivity index (χ4n) is 3.30. The molecule has 1 aromatic carbocycles. The summed E-state index contributed by atoms with van der Waals surface area (Å²) in [5.41, 5.74) is 0.960. The van der Waals surface area contributed by atoms with Gasteiger partial charge in [-0.15, -0.1) is 0 Å². The van der Waals surface area contributed by atoms with Gasteiger partial charge in [-0.1, -0.05) is 30.3 Å². The second-order valence-corrected chi connectivity index (χ2v) is 6.03. The van der Waals surface area contributed by atoms with Crippen LogP contribution in [0.25, 0.3) is 0 Å². The molecule has 1 aromatic rings. The van der Waals surface area contributed by atoms with Crippen molar-refractivity contribution in [3.63, 3.8) is 0 Å². The normalized spacial score (nSPS) is 30.4. The number of rotatable bonds is 3. The molecule has 1 amide bonds. The summed E-state index contributed by atoms with van der Waals surface area (Å²) in [5.74, 6) is 0.464. The first-order chi connectivity index (χ1) is 9.70. The fourth-order valence-corrected chi connectivity index (χ4v) is 3.30. The lowest BCUT2D eigenvalue weighted by molar-refractivity contribution is 0.0922. The standard InChI is InChI=1S/C16H22N2O2/c1-16(14-8-5-9-17-10-14)12-20-15(19)18(16)11-13-6-3-2-4-7-13/h2-4,6-7,14,17H,5,8-12H2,1H3. The van der Waals surface area contributed by atoms with E-state index < -0.39 is 0 Å². The summed E-state index contributed by atoms with van der Waals surface area (Å²) in [6, 6.07) is 10.1. The minimum Gasteiger partial charge on any atom is -0.447 e. The molecule has 20 heavy (non-hydrogen) atoms. The van der Waals surface area contributed by atoms with Crippen LogP contribution in [-0.4, -0.2) is 36.2 Å². The minimum absolute atomic E-state index is 0.179. The molecule has 0 bridgehead atoms. The highest BCUT2D eigenvalue weighted by molar-refractivity contribution is 5.71. The molecule has 0 spiro atoms. The molecule has 2 unspecified atom stereocenters. The van der Waals surface area contributed by atoms with E-state index in [1.54, 1.807) is 0 Å². The topological polar surface area (TPSA) is 41.6 Å². The molecule has 4 heteroatoms. The Bertz CT molecular complexity index is 471. The van der Waals surface area contributed by atoms with Crippen LogP contribution in [0.2, 0.25) is 0 Å². The third kappa shape index (κ3) is 2.40. The Hall–Kier alpha value is -1.55. The molecule has 2 heterocycles. The molecular formula is C16H22N2O2. The van der Waals surface area contributed by atoms with Crippen molar-refractivity contribution < 1.29 is 9.53 Å². The molecule has 2 atom stereocenters. The van der Waals surface area contributed by atoms with Gasteiger partial charge in [0.15, 0.2) is 0 Å². The smallest absolute Gasteiger partial charge is 0.410 e. The zero-order valence-corrected chi connectivity index (χ0v) is 12.0. The Kier molecular flexibility index (Phi) is 3.66. The molecule has 108 valence electrons. The molecule has 2 aliphatic rings. The number of nitrogens with zero attached hydrogens (tertiary/aromatic N) is 1. The highest BCUT2D eigenvalue weighted by Crippen LogP contribution is 2.36. The van der Waals surface area contributed by atoms with Gasteiger partial charge in [-0.3, -0.25) is 4.90 Å². The summed E-state index contributed by atoms with van der Waals surface area (Å²) in [6.07, 6.45) is 2.15. The lowest BCUT2D eigenvalue weighted by atomic mass is 9.80. The van der Waals surface area contributed by atoms with Crippen molar-refractivity contribution in [3.05, 3.63) is 35.9 Å². The Morgan fingerprint density at radius 3 is 2.90 bits per heavy atom. The molecule has 0 saturated carbocycles. The number of cyclic esters (lactones) is 1. The van der Waals surface area contributed by atoms with Gasteiger partial charge in [0.05, 0.1) is 5.54 Å². The number of ether oxygens (including phenoxy) is 1. The molecule has 3 rings (SSSR count). The highest BCUT2D eigenvalue weighted by Gasteiger charge is 2.48. The molecule has 2 saturated heterocycles. The first-order valence-electron chi connectivity index (χ1n) is 7.39. The van der Waals surface area contributed by atoms with Crippen LogP contribution in [0.1, 0.15) is 25.3 Å². The largest absolute Gasteiger partial charge is 0.447 e. The van der Waals surface area contributed by atoms with Crippen LogP contribution < -0.4 is 5.32 Å². The molecule has 2 fully saturated rings. The van der Waals surface area contributed by atoms with Crippen LogP contribution in [0.4, 0.5) is 4.79 Å². The van der Waals surface area contributed by atoms with Crippen molar-refractivity contribution in [2.24, 2.45) is 5.92 Å². The summed E-state index contributed by atoms with van der Waals surface area (Å²) in [6.45, 7) is 5.36. The van der Waals surface area contributed by atoms with Crippen molar-refractivity contribution in [2.75, 3.05) is 19.7 Å². The summed E-state index contributed by atoms with van der Waals surface area (Å²) in [4.78, 5) is 14.0. The van der Waals surface area contributed by atoms with Gasteiger partial charge in [-0.05, 0) is 37.8 Å². The Morgan fingerprint density at radius 1 is 1.40 bits per heavy atom. The third-order valence-corrected chi connectivity index (χ3v) is 4.68. The van der Waals surface area contributed by atoms with Crippen LogP contribution in [0, 0.1) is 5.92 Å². The van der Waals surface area contributed by atoms with Crippen molar-refractivity contribution in [2.45, 2.75) is 31.8 Å². The van der Waals surface area contributed by atoms with E-state index in [9.17, 15) is 4.79 Å².